The minimum absolute atomic E-state index is 0.117. The maximum Gasteiger partial charge on any atom is 0.335 e. The maximum absolute atomic E-state index is 12.1. The van der Waals surface area contributed by atoms with Crippen LogP contribution < -0.4 is 5.63 Å². The van der Waals surface area contributed by atoms with Crippen LogP contribution in [0.1, 0.15) is 70.8 Å². The molecule has 0 amide bonds. The van der Waals surface area contributed by atoms with Crippen molar-refractivity contribution in [3.8, 4) is 0 Å². The van der Waals surface area contributed by atoms with E-state index in [0.29, 0.717) is 18.3 Å². The zero-order chi connectivity index (χ0) is 23.3. The average molecular weight is 459 g/mol. The molecule has 0 unspecified atom stereocenters. The van der Waals surface area contributed by atoms with Crippen LogP contribution in [0.3, 0.4) is 0 Å². The van der Waals surface area contributed by atoms with E-state index in [-0.39, 0.29) is 34.7 Å². The Morgan fingerprint density at radius 3 is 2.61 bits per heavy atom. The lowest BCUT2D eigenvalue weighted by molar-refractivity contribution is -0.189. The van der Waals surface area contributed by atoms with Gasteiger partial charge >= 0.3 is 11.6 Å². The first-order valence-electron chi connectivity index (χ1n) is 12.4. The quantitative estimate of drug-likeness (QED) is 0.518. The highest BCUT2D eigenvalue weighted by Crippen LogP contribution is 2.78. The Labute approximate surface area is 193 Å². The number of ether oxygens (including phenoxy) is 2. The third-order valence-electron chi connectivity index (χ3n) is 10.6. The smallest absolute Gasteiger partial charge is 0.335 e. The molecule has 180 valence electrons. The fourth-order valence-corrected chi connectivity index (χ4v) is 9.16. The van der Waals surface area contributed by atoms with E-state index in [4.69, 9.17) is 13.9 Å². The van der Waals surface area contributed by atoms with Gasteiger partial charge in [-0.1, -0.05) is 13.8 Å². The van der Waals surface area contributed by atoms with Crippen LogP contribution in [0.2, 0.25) is 0 Å². The van der Waals surface area contributed by atoms with Crippen LogP contribution >= 0.6 is 0 Å². The summed E-state index contributed by atoms with van der Waals surface area (Å²) >= 11 is 0. The molecule has 4 saturated carbocycles. The monoisotopic (exact) mass is 458 g/mol. The summed E-state index contributed by atoms with van der Waals surface area (Å²) in [6.45, 7) is 5.90. The molecule has 5 aliphatic rings. The van der Waals surface area contributed by atoms with Gasteiger partial charge in [0, 0.05) is 24.3 Å². The van der Waals surface area contributed by atoms with Gasteiger partial charge in [-0.25, -0.2) is 4.79 Å². The Bertz CT molecular complexity index is 1020. The Balaban J connectivity index is 1.42. The summed E-state index contributed by atoms with van der Waals surface area (Å²) in [7, 11) is 0. The van der Waals surface area contributed by atoms with E-state index in [1.54, 1.807) is 6.07 Å². The summed E-state index contributed by atoms with van der Waals surface area (Å²) in [4.78, 5) is 23.7. The first-order chi connectivity index (χ1) is 15.6. The van der Waals surface area contributed by atoms with Crippen LogP contribution in [0.15, 0.2) is 27.6 Å². The van der Waals surface area contributed by atoms with Crippen molar-refractivity contribution in [1.82, 2.24) is 0 Å². The van der Waals surface area contributed by atoms with Crippen molar-refractivity contribution in [1.29, 1.82) is 0 Å². The molecule has 1 spiro atoms. The molecule has 11 atom stereocenters. The van der Waals surface area contributed by atoms with Gasteiger partial charge in [0.05, 0.1) is 18.5 Å². The van der Waals surface area contributed by atoms with Crippen molar-refractivity contribution in [2.45, 2.75) is 95.2 Å². The van der Waals surface area contributed by atoms with E-state index in [2.05, 4.69) is 13.8 Å². The fourth-order valence-electron chi connectivity index (χ4n) is 9.16. The summed E-state index contributed by atoms with van der Waals surface area (Å²) in [5, 5.41) is 21.5. The third-order valence-corrected chi connectivity index (χ3v) is 10.6. The molecule has 7 nitrogen and oxygen atoms in total. The second-order valence-electron chi connectivity index (χ2n) is 11.7. The molecule has 6 rings (SSSR count). The number of aliphatic hydroxyl groups is 2. The minimum atomic E-state index is -0.526. The Hall–Kier alpha value is -1.70. The van der Waals surface area contributed by atoms with Crippen LogP contribution in [0, 0.1) is 28.6 Å². The molecule has 2 heterocycles. The zero-order valence-electron chi connectivity index (χ0n) is 19.5. The number of aliphatic hydroxyl groups excluding tert-OH is 2. The molecule has 1 aliphatic heterocycles. The lowest BCUT2D eigenvalue weighted by atomic mass is 9.43. The summed E-state index contributed by atoms with van der Waals surface area (Å²) in [6.07, 6.45) is 4.92. The second-order valence-corrected chi connectivity index (χ2v) is 11.7. The fraction of sp³-hybridized carbons (Fsp3) is 0.769. The lowest BCUT2D eigenvalue weighted by Gasteiger charge is -2.62. The molecule has 33 heavy (non-hydrogen) atoms. The predicted molar refractivity (Wildman–Crippen MR) is 117 cm³/mol. The molecule has 4 aliphatic carbocycles. The van der Waals surface area contributed by atoms with Crippen LogP contribution in [-0.4, -0.2) is 46.2 Å². The number of hydrogen-bond donors (Lipinski definition) is 2. The SMILES string of the molecule is CC(=O)O[C@H]1[C@H]2O[C@]23[C@@H]2CC[C@H]4C[C@@H](O)C[C@@H](O)[C@]4(C)[C@H]2CC[C@]3(C)[C@H]1c1ccc(=O)oc1. The number of fused-ring (bicyclic) bond motifs is 3. The van der Waals surface area contributed by atoms with Crippen molar-refractivity contribution in [3.05, 3.63) is 34.4 Å². The van der Waals surface area contributed by atoms with Crippen molar-refractivity contribution in [2.75, 3.05) is 0 Å². The van der Waals surface area contributed by atoms with Crippen LogP contribution in [0.5, 0.6) is 0 Å². The van der Waals surface area contributed by atoms with Gasteiger partial charge in [-0.05, 0) is 73.3 Å². The van der Waals surface area contributed by atoms with E-state index >= 15 is 0 Å². The van der Waals surface area contributed by atoms with Gasteiger partial charge in [-0.3, -0.25) is 4.79 Å². The van der Waals surface area contributed by atoms with Crippen molar-refractivity contribution in [3.63, 3.8) is 0 Å². The van der Waals surface area contributed by atoms with Gasteiger partial charge in [-0.15, -0.1) is 0 Å². The number of carbonyl (C=O) groups is 1. The van der Waals surface area contributed by atoms with Crippen LogP contribution in [0.4, 0.5) is 0 Å². The first kappa shape index (κ1) is 21.8. The number of esters is 1. The number of rotatable bonds is 2. The van der Waals surface area contributed by atoms with Gasteiger partial charge < -0.3 is 24.1 Å². The topological polar surface area (TPSA) is 110 Å². The normalized spacial score (nSPS) is 52.2. The highest BCUT2D eigenvalue weighted by molar-refractivity contribution is 5.66. The van der Waals surface area contributed by atoms with Crippen LogP contribution in [-0.2, 0) is 14.3 Å². The van der Waals surface area contributed by atoms with Gasteiger partial charge in [0.1, 0.15) is 17.8 Å². The molecule has 2 N–H and O–H groups in total. The van der Waals surface area contributed by atoms with E-state index < -0.39 is 29.5 Å². The van der Waals surface area contributed by atoms with Gasteiger partial charge in [-0.2, -0.15) is 0 Å². The van der Waals surface area contributed by atoms with E-state index in [9.17, 15) is 19.8 Å². The molecule has 0 aromatic carbocycles. The molecular weight excluding hydrogens is 424 g/mol. The van der Waals surface area contributed by atoms with Crippen LogP contribution in [0.25, 0.3) is 0 Å². The molecule has 0 radical (unpaired) electrons. The van der Waals surface area contributed by atoms with E-state index in [1.165, 1.54) is 19.3 Å². The lowest BCUT2D eigenvalue weighted by Crippen LogP contribution is -2.62. The van der Waals surface area contributed by atoms with Crippen molar-refractivity contribution >= 4 is 5.97 Å². The largest absolute Gasteiger partial charge is 0.459 e. The molecule has 1 saturated heterocycles. The van der Waals surface area contributed by atoms with E-state index in [1.807, 2.05) is 0 Å². The molecule has 1 aromatic rings. The number of hydrogen-bond acceptors (Lipinski definition) is 7. The Morgan fingerprint density at radius 2 is 1.91 bits per heavy atom. The van der Waals surface area contributed by atoms with Crippen molar-refractivity contribution in [2.24, 2.45) is 28.6 Å². The highest BCUT2D eigenvalue weighted by Gasteiger charge is 2.85. The maximum atomic E-state index is 12.1. The molecular formula is C26H34O7. The zero-order valence-corrected chi connectivity index (χ0v) is 19.5. The van der Waals surface area contributed by atoms with Crippen molar-refractivity contribution < 1.29 is 28.9 Å². The number of carbonyl (C=O) groups excluding carboxylic acids is 1. The van der Waals surface area contributed by atoms with Gasteiger partial charge in [0.2, 0.25) is 0 Å². The number of epoxide rings is 1. The van der Waals surface area contributed by atoms with E-state index in [0.717, 1.165) is 37.7 Å². The summed E-state index contributed by atoms with van der Waals surface area (Å²) in [5.41, 5.74) is -0.464. The summed E-state index contributed by atoms with van der Waals surface area (Å²) < 4.78 is 17.7. The standard InChI is InChI=1S/C26H34O7/c1-13(27)32-22-21(14-4-7-20(30)31-12-14)24(2)9-8-17-18(26(24)23(22)33-26)6-5-15-10-16(28)11-19(29)25(15,17)3/h4,7,12,15-19,21-23,28-29H,5-6,8-11H2,1-3H3/t15-,16+,17-,18+,19+,21-,22+,23+,24+,25-,26+/m0/s1. The second kappa shape index (κ2) is 6.92. The first-order valence-corrected chi connectivity index (χ1v) is 12.4. The highest BCUT2D eigenvalue weighted by atomic mass is 16.7. The van der Waals surface area contributed by atoms with Gasteiger partial charge in [0.15, 0.2) is 0 Å². The van der Waals surface area contributed by atoms with Gasteiger partial charge in [0.25, 0.3) is 0 Å². The minimum Gasteiger partial charge on any atom is -0.459 e. The predicted octanol–water partition coefficient (Wildman–Crippen LogP) is 2.77. The Kier molecular flexibility index (Phi) is 4.57. The summed E-state index contributed by atoms with van der Waals surface area (Å²) in [5.74, 6) is 0.405. The summed E-state index contributed by atoms with van der Waals surface area (Å²) in [6, 6.07) is 3.23. The molecule has 0 bridgehead atoms. The molecule has 5 fully saturated rings. The third kappa shape index (κ3) is 2.67. The Morgan fingerprint density at radius 1 is 1.12 bits per heavy atom. The molecule has 1 aromatic heterocycles. The molecule has 7 heteroatoms. The average Bonchev–Trinajstić information content (AvgIpc) is 3.45.